The predicted octanol–water partition coefficient (Wildman–Crippen LogP) is 4.65. The lowest BCUT2D eigenvalue weighted by Crippen LogP contribution is -2.23. The number of rotatable bonds is 4. The van der Waals surface area contributed by atoms with Gasteiger partial charge in [-0.2, -0.15) is 5.10 Å². The Bertz CT molecular complexity index is 1040. The molecule has 0 unspecified atom stereocenters. The van der Waals surface area contributed by atoms with Gasteiger partial charge < -0.3 is 10.1 Å². The average Bonchev–Trinajstić information content (AvgIpc) is 3.11. The van der Waals surface area contributed by atoms with Crippen molar-refractivity contribution < 1.29 is 9.53 Å². The summed E-state index contributed by atoms with van der Waals surface area (Å²) in [5.41, 5.74) is 2.24. The van der Waals surface area contributed by atoms with Gasteiger partial charge in [-0.3, -0.25) is 4.79 Å². The second-order valence-corrected chi connectivity index (χ2v) is 6.82. The quantitative estimate of drug-likeness (QED) is 0.694. The van der Waals surface area contributed by atoms with Crippen LogP contribution in [0.1, 0.15) is 11.1 Å². The van der Waals surface area contributed by atoms with Gasteiger partial charge in [0.05, 0.1) is 28.4 Å². The molecule has 0 atom stereocenters. The van der Waals surface area contributed by atoms with Crippen molar-refractivity contribution in [1.29, 1.82) is 0 Å². The Morgan fingerprint density at radius 2 is 2.00 bits per heavy atom. The van der Waals surface area contributed by atoms with E-state index < -0.39 is 0 Å². The predicted molar refractivity (Wildman–Crippen MR) is 106 cm³/mol. The highest BCUT2D eigenvalue weighted by molar-refractivity contribution is 6.42. The van der Waals surface area contributed by atoms with Crippen molar-refractivity contribution in [2.45, 2.75) is 6.54 Å². The molecular weight excluding hydrogens is 385 g/mol. The van der Waals surface area contributed by atoms with Gasteiger partial charge in [0.2, 0.25) is 0 Å². The first-order valence-corrected chi connectivity index (χ1v) is 9.06. The minimum Gasteiger partial charge on any atom is -0.488 e. The number of halogens is 2. The molecule has 3 aromatic rings. The molecular formula is C20H15Cl2N3O2. The number of nitrogens with one attached hydrogen (secondary N) is 1. The van der Waals surface area contributed by atoms with Crippen LogP contribution in [0.2, 0.25) is 10.0 Å². The fourth-order valence-electron chi connectivity index (χ4n) is 2.84. The zero-order chi connectivity index (χ0) is 18.8. The average molecular weight is 400 g/mol. The van der Waals surface area contributed by atoms with Crippen LogP contribution in [0.5, 0.6) is 5.75 Å². The smallest absolute Gasteiger partial charge is 0.256 e. The standard InChI is InChI=1S/C20H15Cl2N3O2/c21-16-6-3-5-14(19(16)22)11-25-18(8-9-23-25)24-20(26)15-10-13-4-1-2-7-17(13)27-12-15/h1-10H,11-12H2,(H,24,26). The van der Waals surface area contributed by atoms with E-state index in [0.29, 0.717) is 28.0 Å². The molecule has 0 saturated carbocycles. The van der Waals surface area contributed by atoms with Crippen LogP contribution in [0.4, 0.5) is 5.82 Å². The van der Waals surface area contributed by atoms with Gasteiger partial charge in [-0.1, -0.05) is 53.5 Å². The van der Waals surface area contributed by atoms with E-state index in [1.165, 1.54) is 0 Å². The number of amides is 1. The number of aromatic nitrogens is 2. The van der Waals surface area contributed by atoms with E-state index in [-0.39, 0.29) is 12.5 Å². The number of hydrogen-bond donors (Lipinski definition) is 1. The van der Waals surface area contributed by atoms with Crippen LogP contribution < -0.4 is 10.1 Å². The van der Waals surface area contributed by atoms with E-state index in [4.69, 9.17) is 27.9 Å². The minimum atomic E-state index is -0.233. The molecule has 0 aliphatic carbocycles. The first-order valence-electron chi connectivity index (χ1n) is 8.30. The molecule has 1 aliphatic rings. The van der Waals surface area contributed by atoms with E-state index in [1.807, 2.05) is 42.5 Å². The van der Waals surface area contributed by atoms with Gasteiger partial charge in [0.25, 0.3) is 5.91 Å². The van der Waals surface area contributed by atoms with Gasteiger partial charge in [0.1, 0.15) is 18.2 Å². The molecule has 1 amide bonds. The van der Waals surface area contributed by atoms with E-state index in [1.54, 1.807) is 23.0 Å². The fourth-order valence-corrected chi connectivity index (χ4v) is 3.22. The molecule has 0 saturated heterocycles. The third-order valence-electron chi connectivity index (χ3n) is 4.23. The second kappa shape index (κ2) is 7.47. The lowest BCUT2D eigenvalue weighted by molar-refractivity contribution is -0.113. The first kappa shape index (κ1) is 17.6. The maximum Gasteiger partial charge on any atom is 0.256 e. The zero-order valence-electron chi connectivity index (χ0n) is 14.2. The Labute approximate surface area is 166 Å². The summed E-state index contributed by atoms with van der Waals surface area (Å²) in [6.45, 7) is 0.609. The Hall–Kier alpha value is -2.76. The number of hydrogen-bond acceptors (Lipinski definition) is 3. The second-order valence-electron chi connectivity index (χ2n) is 6.04. The molecule has 7 heteroatoms. The van der Waals surface area contributed by atoms with Crippen molar-refractivity contribution >= 4 is 41.0 Å². The Balaban J connectivity index is 1.53. The lowest BCUT2D eigenvalue weighted by Gasteiger charge is -2.17. The SMILES string of the molecule is O=C(Nc1ccnn1Cc1cccc(Cl)c1Cl)C1=Cc2ccccc2OC1. The molecule has 2 aromatic carbocycles. The van der Waals surface area contributed by atoms with Crippen LogP contribution in [-0.4, -0.2) is 22.3 Å². The van der Waals surface area contributed by atoms with Crippen LogP contribution >= 0.6 is 23.2 Å². The van der Waals surface area contributed by atoms with Gasteiger partial charge >= 0.3 is 0 Å². The monoisotopic (exact) mass is 399 g/mol. The van der Waals surface area contributed by atoms with Crippen molar-refractivity contribution in [2.24, 2.45) is 0 Å². The third kappa shape index (κ3) is 3.70. The maximum atomic E-state index is 12.7. The van der Waals surface area contributed by atoms with Crippen molar-refractivity contribution in [1.82, 2.24) is 9.78 Å². The molecule has 4 rings (SSSR count). The molecule has 5 nitrogen and oxygen atoms in total. The number of nitrogens with zero attached hydrogens (tertiary/aromatic N) is 2. The number of para-hydroxylation sites is 1. The van der Waals surface area contributed by atoms with Gasteiger partial charge in [-0.15, -0.1) is 0 Å². The molecule has 0 bridgehead atoms. The minimum absolute atomic E-state index is 0.219. The van der Waals surface area contributed by atoms with Gasteiger partial charge in [0, 0.05) is 11.6 Å². The highest BCUT2D eigenvalue weighted by Gasteiger charge is 2.18. The summed E-state index contributed by atoms with van der Waals surface area (Å²) in [4.78, 5) is 12.7. The zero-order valence-corrected chi connectivity index (χ0v) is 15.7. The van der Waals surface area contributed by atoms with E-state index in [9.17, 15) is 4.79 Å². The summed E-state index contributed by atoms with van der Waals surface area (Å²) < 4.78 is 7.31. The summed E-state index contributed by atoms with van der Waals surface area (Å²) in [6, 6.07) is 14.8. The van der Waals surface area contributed by atoms with Crippen molar-refractivity contribution in [2.75, 3.05) is 11.9 Å². The Morgan fingerprint density at radius 3 is 2.89 bits per heavy atom. The number of anilines is 1. The largest absolute Gasteiger partial charge is 0.488 e. The molecule has 27 heavy (non-hydrogen) atoms. The molecule has 1 N–H and O–H groups in total. The van der Waals surface area contributed by atoms with E-state index in [0.717, 1.165) is 16.9 Å². The summed E-state index contributed by atoms with van der Waals surface area (Å²) in [7, 11) is 0. The highest BCUT2D eigenvalue weighted by Crippen LogP contribution is 2.28. The van der Waals surface area contributed by atoms with Gasteiger partial charge in [0.15, 0.2) is 0 Å². The molecule has 136 valence electrons. The summed E-state index contributed by atoms with van der Waals surface area (Å²) >= 11 is 12.3. The van der Waals surface area contributed by atoms with Crippen LogP contribution in [0.25, 0.3) is 6.08 Å². The maximum absolute atomic E-state index is 12.7. The summed E-state index contributed by atoms with van der Waals surface area (Å²) in [5.74, 6) is 1.11. The van der Waals surface area contributed by atoms with Gasteiger partial charge in [-0.25, -0.2) is 4.68 Å². The van der Waals surface area contributed by atoms with Crippen LogP contribution in [0.3, 0.4) is 0 Å². The summed E-state index contributed by atoms with van der Waals surface area (Å²) in [5, 5.41) is 8.11. The van der Waals surface area contributed by atoms with Crippen LogP contribution in [-0.2, 0) is 11.3 Å². The normalized spacial score (nSPS) is 12.7. The van der Waals surface area contributed by atoms with E-state index in [2.05, 4.69) is 10.4 Å². The van der Waals surface area contributed by atoms with Crippen molar-refractivity contribution in [3.05, 3.63) is 81.5 Å². The topological polar surface area (TPSA) is 56.2 Å². The fraction of sp³-hybridized carbons (Fsp3) is 0.100. The molecule has 1 aliphatic heterocycles. The van der Waals surface area contributed by atoms with Crippen LogP contribution in [0, 0.1) is 0 Å². The molecule has 1 aromatic heterocycles. The van der Waals surface area contributed by atoms with Crippen molar-refractivity contribution in [3.8, 4) is 5.75 Å². The molecule has 0 radical (unpaired) electrons. The Kier molecular flexibility index (Phi) is 4.88. The Morgan fingerprint density at radius 1 is 1.15 bits per heavy atom. The first-order chi connectivity index (χ1) is 13.1. The molecule has 0 fully saturated rings. The number of fused-ring (bicyclic) bond motifs is 1. The third-order valence-corrected chi connectivity index (χ3v) is 5.09. The molecule has 0 spiro atoms. The van der Waals surface area contributed by atoms with E-state index >= 15 is 0 Å². The molecule has 2 heterocycles. The highest BCUT2D eigenvalue weighted by atomic mass is 35.5. The number of benzene rings is 2. The number of carbonyl (C=O) groups is 1. The number of ether oxygens (including phenoxy) is 1. The van der Waals surface area contributed by atoms with Crippen molar-refractivity contribution in [3.63, 3.8) is 0 Å². The number of carbonyl (C=O) groups excluding carboxylic acids is 1. The summed E-state index contributed by atoms with van der Waals surface area (Å²) in [6.07, 6.45) is 3.46. The van der Waals surface area contributed by atoms with Crippen LogP contribution in [0.15, 0.2) is 60.3 Å². The van der Waals surface area contributed by atoms with Gasteiger partial charge in [-0.05, 0) is 23.8 Å². The lowest BCUT2D eigenvalue weighted by atomic mass is 10.1.